The minimum absolute atomic E-state index is 0.262. The van der Waals surface area contributed by atoms with Gasteiger partial charge in [0, 0.05) is 25.3 Å². The minimum Gasteiger partial charge on any atom is -0.495 e. The van der Waals surface area contributed by atoms with Gasteiger partial charge in [0.25, 0.3) is 0 Å². The molecule has 0 aliphatic carbocycles. The molecule has 0 radical (unpaired) electrons. The molecule has 1 fully saturated rings. The second-order valence-electron chi connectivity index (χ2n) is 5.77. The maximum absolute atomic E-state index is 12.1. The maximum atomic E-state index is 12.1. The number of morpholine rings is 1. The third kappa shape index (κ3) is 4.64. The third-order valence-electron chi connectivity index (χ3n) is 4.12. The second kappa shape index (κ2) is 8.39. The van der Waals surface area contributed by atoms with E-state index in [1.54, 1.807) is 19.2 Å². The number of carbonyl (C=O) groups excluding carboxylic acids is 1. The lowest BCUT2D eigenvalue weighted by Crippen LogP contribution is -2.36. The van der Waals surface area contributed by atoms with E-state index in [4.69, 9.17) is 9.47 Å². The largest absolute Gasteiger partial charge is 0.495 e. The number of para-hydroxylation sites is 2. The first-order chi connectivity index (χ1) is 12.3. The first kappa shape index (κ1) is 17.1. The van der Waals surface area contributed by atoms with Crippen molar-refractivity contribution in [3.8, 4) is 5.75 Å². The molecule has 2 amide bonds. The van der Waals surface area contributed by atoms with Crippen molar-refractivity contribution >= 4 is 17.4 Å². The van der Waals surface area contributed by atoms with Crippen LogP contribution < -0.4 is 20.3 Å². The lowest BCUT2D eigenvalue weighted by molar-refractivity contribution is 0.122. The predicted octanol–water partition coefficient (Wildman–Crippen LogP) is 2.85. The van der Waals surface area contributed by atoms with Crippen LogP contribution in [0.1, 0.15) is 5.56 Å². The Labute approximate surface area is 147 Å². The molecule has 2 N–H and O–H groups in total. The number of hydrogen-bond donors (Lipinski definition) is 2. The fraction of sp³-hybridized carbons (Fsp3) is 0.316. The summed E-state index contributed by atoms with van der Waals surface area (Å²) < 4.78 is 10.6. The van der Waals surface area contributed by atoms with Crippen molar-refractivity contribution in [3.05, 3.63) is 54.1 Å². The van der Waals surface area contributed by atoms with Crippen LogP contribution in [0.5, 0.6) is 5.75 Å². The van der Waals surface area contributed by atoms with E-state index in [9.17, 15) is 4.79 Å². The molecule has 1 saturated heterocycles. The smallest absolute Gasteiger partial charge is 0.319 e. The summed E-state index contributed by atoms with van der Waals surface area (Å²) in [6.07, 6.45) is 0. The number of nitrogens with one attached hydrogen (secondary N) is 2. The topological polar surface area (TPSA) is 62.8 Å². The van der Waals surface area contributed by atoms with Crippen molar-refractivity contribution < 1.29 is 14.3 Å². The van der Waals surface area contributed by atoms with Crippen LogP contribution in [-0.2, 0) is 11.3 Å². The van der Waals surface area contributed by atoms with E-state index in [1.165, 1.54) is 5.69 Å². The van der Waals surface area contributed by atoms with Crippen molar-refractivity contribution in [2.75, 3.05) is 43.6 Å². The van der Waals surface area contributed by atoms with Gasteiger partial charge in [0.05, 0.1) is 26.0 Å². The Morgan fingerprint density at radius 2 is 1.84 bits per heavy atom. The van der Waals surface area contributed by atoms with Gasteiger partial charge < -0.3 is 25.0 Å². The van der Waals surface area contributed by atoms with Gasteiger partial charge >= 0.3 is 6.03 Å². The van der Waals surface area contributed by atoms with Gasteiger partial charge in [0.1, 0.15) is 5.75 Å². The zero-order valence-electron chi connectivity index (χ0n) is 14.3. The summed E-state index contributed by atoms with van der Waals surface area (Å²) in [4.78, 5) is 14.4. The summed E-state index contributed by atoms with van der Waals surface area (Å²) in [5.74, 6) is 0.632. The van der Waals surface area contributed by atoms with Gasteiger partial charge in [-0.15, -0.1) is 0 Å². The predicted molar refractivity (Wildman–Crippen MR) is 98.3 cm³/mol. The molecule has 0 atom stereocenters. The van der Waals surface area contributed by atoms with Crippen LogP contribution in [0.2, 0.25) is 0 Å². The fourth-order valence-electron chi connectivity index (χ4n) is 2.74. The molecule has 0 aromatic heterocycles. The number of nitrogens with zero attached hydrogens (tertiary/aromatic N) is 1. The van der Waals surface area contributed by atoms with Gasteiger partial charge in [0.2, 0.25) is 0 Å². The van der Waals surface area contributed by atoms with Crippen molar-refractivity contribution in [1.82, 2.24) is 5.32 Å². The molecule has 3 rings (SSSR count). The van der Waals surface area contributed by atoms with E-state index in [0.29, 0.717) is 18.0 Å². The number of amides is 2. The highest BCUT2D eigenvalue weighted by Gasteiger charge is 2.11. The Hall–Kier alpha value is -2.73. The van der Waals surface area contributed by atoms with E-state index in [1.807, 2.05) is 24.3 Å². The maximum Gasteiger partial charge on any atom is 0.319 e. The van der Waals surface area contributed by atoms with Gasteiger partial charge in [-0.25, -0.2) is 4.79 Å². The van der Waals surface area contributed by atoms with Crippen LogP contribution in [0.25, 0.3) is 0 Å². The average molecular weight is 341 g/mol. The zero-order chi connectivity index (χ0) is 17.5. The Balaban J connectivity index is 1.51. The number of hydrogen-bond acceptors (Lipinski definition) is 4. The summed E-state index contributed by atoms with van der Waals surface area (Å²) in [6.45, 7) is 3.83. The van der Waals surface area contributed by atoms with Gasteiger partial charge in [-0.05, 0) is 29.8 Å². The lowest BCUT2D eigenvalue weighted by Gasteiger charge is -2.28. The Morgan fingerprint density at radius 1 is 1.12 bits per heavy atom. The molecule has 1 aliphatic heterocycles. The van der Waals surface area contributed by atoms with Crippen molar-refractivity contribution in [2.45, 2.75) is 6.54 Å². The SMILES string of the molecule is COc1ccccc1NC(=O)NCc1ccc(N2CCOCC2)cc1. The lowest BCUT2D eigenvalue weighted by atomic mass is 10.2. The van der Waals surface area contributed by atoms with Crippen LogP contribution in [0.4, 0.5) is 16.2 Å². The van der Waals surface area contributed by atoms with Gasteiger partial charge in [-0.1, -0.05) is 24.3 Å². The Bertz CT molecular complexity index is 697. The first-order valence-electron chi connectivity index (χ1n) is 8.36. The molecule has 6 heteroatoms. The monoisotopic (exact) mass is 341 g/mol. The number of ether oxygens (including phenoxy) is 2. The fourth-order valence-corrected chi connectivity index (χ4v) is 2.74. The van der Waals surface area contributed by atoms with E-state index in [0.717, 1.165) is 31.9 Å². The number of carbonyl (C=O) groups is 1. The highest BCUT2D eigenvalue weighted by molar-refractivity contribution is 5.90. The molecular weight excluding hydrogens is 318 g/mol. The van der Waals surface area contributed by atoms with Gasteiger partial charge in [0.15, 0.2) is 0 Å². The van der Waals surface area contributed by atoms with E-state index in [2.05, 4.69) is 27.7 Å². The number of urea groups is 1. The van der Waals surface area contributed by atoms with Gasteiger partial charge in [-0.2, -0.15) is 0 Å². The molecule has 0 unspecified atom stereocenters. The van der Waals surface area contributed by atoms with Crippen LogP contribution in [0.3, 0.4) is 0 Å². The van der Waals surface area contributed by atoms with Crippen LogP contribution in [0, 0.1) is 0 Å². The summed E-state index contributed by atoms with van der Waals surface area (Å²) in [5, 5.41) is 5.66. The highest BCUT2D eigenvalue weighted by atomic mass is 16.5. The molecule has 25 heavy (non-hydrogen) atoms. The Kier molecular flexibility index (Phi) is 5.74. The van der Waals surface area contributed by atoms with E-state index >= 15 is 0 Å². The molecule has 132 valence electrons. The zero-order valence-corrected chi connectivity index (χ0v) is 14.3. The number of benzene rings is 2. The standard InChI is InChI=1S/C19H23N3O3/c1-24-18-5-3-2-4-17(18)21-19(23)20-14-15-6-8-16(9-7-15)22-10-12-25-13-11-22/h2-9H,10-14H2,1H3,(H2,20,21,23). The van der Waals surface area contributed by atoms with Gasteiger partial charge in [-0.3, -0.25) is 0 Å². The molecule has 2 aromatic carbocycles. The summed E-state index contributed by atoms with van der Waals surface area (Å²) >= 11 is 0. The quantitative estimate of drug-likeness (QED) is 0.878. The normalized spacial score (nSPS) is 14.0. The summed E-state index contributed by atoms with van der Waals surface area (Å²) in [7, 11) is 1.58. The number of methoxy groups -OCH3 is 1. The van der Waals surface area contributed by atoms with Crippen molar-refractivity contribution in [3.63, 3.8) is 0 Å². The summed E-state index contributed by atoms with van der Waals surface area (Å²) in [6, 6.07) is 15.3. The third-order valence-corrected chi connectivity index (χ3v) is 4.12. The molecule has 6 nitrogen and oxygen atoms in total. The van der Waals surface area contributed by atoms with Crippen LogP contribution in [-0.4, -0.2) is 39.4 Å². The molecule has 1 heterocycles. The highest BCUT2D eigenvalue weighted by Crippen LogP contribution is 2.22. The first-order valence-corrected chi connectivity index (χ1v) is 8.36. The van der Waals surface area contributed by atoms with E-state index in [-0.39, 0.29) is 6.03 Å². The van der Waals surface area contributed by atoms with Crippen LogP contribution in [0.15, 0.2) is 48.5 Å². The van der Waals surface area contributed by atoms with Crippen molar-refractivity contribution in [2.24, 2.45) is 0 Å². The molecule has 0 saturated carbocycles. The number of rotatable bonds is 5. The van der Waals surface area contributed by atoms with E-state index < -0.39 is 0 Å². The minimum atomic E-state index is -0.262. The summed E-state index contributed by atoms with van der Waals surface area (Å²) in [5.41, 5.74) is 2.88. The molecular formula is C19H23N3O3. The molecule has 0 bridgehead atoms. The molecule has 2 aromatic rings. The molecule has 1 aliphatic rings. The van der Waals surface area contributed by atoms with Crippen LogP contribution >= 0.6 is 0 Å². The Morgan fingerprint density at radius 3 is 2.56 bits per heavy atom. The average Bonchev–Trinajstić information content (AvgIpc) is 2.68. The van der Waals surface area contributed by atoms with Crippen molar-refractivity contribution in [1.29, 1.82) is 0 Å². The number of anilines is 2. The molecule has 0 spiro atoms. The second-order valence-corrected chi connectivity index (χ2v) is 5.77.